The lowest BCUT2D eigenvalue weighted by Crippen LogP contribution is -2.10. The molecule has 0 radical (unpaired) electrons. The van der Waals surface area contributed by atoms with Crippen molar-refractivity contribution < 1.29 is 9.90 Å². The molecule has 0 aromatic heterocycles. The predicted octanol–water partition coefficient (Wildman–Crippen LogP) is 1.99. The highest BCUT2D eigenvalue weighted by atomic mass is 16.3. The monoisotopic (exact) mass is 221 g/mol. The van der Waals surface area contributed by atoms with Crippen LogP contribution in [0.25, 0.3) is 0 Å². The fraction of sp³-hybridized carbons (Fsp3) is 0.462. The molecule has 1 amide bonds. The van der Waals surface area contributed by atoms with E-state index >= 15 is 0 Å². The van der Waals surface area contributed by atoms with Crippen molar-refractivity contribution in [2.24, 2.45) is 5.73 Å². The van der Waals surface area contributed by atoms with E-state index in [9.17, 15) is 9.90 Å². The van der Waals surface area contributed by atoms with Gasteiger partial charge in [-0.05, 0) is 37.8 Å². The molecule has 3 nitrogen and oxygen atoms in total. The Hall–Kier alpha value is -1.35. The van der Waals surface area contributed by atoms with Crippen LogP contribution in [0.2, 0.25) is 0 Å². The number of aryl methyl sites for hydroxylation is 2. The van der Waals surface area contributed by atoms with Crippen molar-refractivity contribution in [3.8, 4) is 0 Å². The average Bonchev–Trinajstić information content (AvgIpc) is 2.16. The quantitative estimate of drug-likeness (QED) is 0.798. The molecule has 0 aliphatic rings. The Bertz CT molecular complexity index is 374. The highest BCUT2D eigenvalue weighted by Gasteiger charge is 2.10. The zero-order chi connectivity index (χ0) is 12.1. The molecule has 0 aliphatic heterocycles. The molecule has 0 aliphatic carbocycles. The second kappa shape index (κ2) is 5.66. The average molecular weight is 221 g/mol. The summed E-state index contributed by atoms with van der Waals surface area (Å²) in [6.45, 7) is 4.01. The molecule has 3 N–H and O–H groups in total. The highest BCUT2D eigenvalue weighted by Crippen LogP contribution is 2.23. The number of amides is 1. The molecule has 0 bridgehead atoms. The maximum absolute atomic E-state index is 10.6. The van der Waals surface area contributed by atoms with Crippen LogP contribution in [0.1, 0.15) is 42.1 Å². The van der Waals surface area contributed by atoms with Crippen LogP contribution >= 0.6 is 0 Å². The van der Waals surface area contributed by atoms with Gasteiger partial charge in [0.2, 0.25) is 5.91 Å². The highest BCUT2D eigenvalue weighted by molar-refractivity contribution is 5.73. The molecule has 0 saturated heterocycles. The van der Waals surface area contributed by atoms with Gasteiger partial charge in [-0.1, -0.05) is 23.8 Å². The van der Waals surface area contributed by atoms with Crippen molar-refractivity contribution in [2.45, 2.75) is 39.2 Å². The van der Waals surface area contributed by atoms with Crippen LogP contribution in [0.3, 0.4) is 0 Å². The Morgan fingerprint density at radius 2 is 2.12 bits per heavy atom. The molecule has 1 aromatic rings. The molecule has 1 aromatic carbocycles. The van der Waals surface area contributed by atoms with E-state index < -0.39 is 6.10 Å². The van der Waals surface area contributed by atoms with Crippen molar-refractivity contribution in [2.75, 3.05) is 0 Å². The predicted molar refractivity (Wildman–Crippen MR) is 63.9 cm³/mol. The van der Waals surface area contributed by atoms with E-state index in [1.54, 1.807) is 0 Å². The molecule has 0 saturated carbocycles. The van der Waals surface area contributed by atoms with Crippen molar-refractivity contribution >= 4 is 5.91 Å². The summed E-state index contributed by atoms with van der Waals surface area (Å²) in [5.41, 5.74) is 8.26. The lowest BCUT2D eigenvalue weighted by Gasteiger charge is -2.13. The second-order valence-electron chi connectivity index (χ2n) is 4.23. The van der Waals surface area contributed by atoms with E-state index in [4.69, 9.17) is 5.73 Å². The molecule has 1 atom stereocenters. The van der Waals surface area contributed by atoms with Crippen LogP contribution in [0, 0.1) is 13.8 Å². The number of hydrogen-bond donors (Lipinski definition) is 2. The van der Waals surface area contributed by atoms with Gasteiger partial charge >= 0.3 is 0 Å². The maximum atomic E-state index is 10.6. The summed E-state index contributed by atoms with van der Waals surface area (Å²) in [6.07, 6.45) is 1.04. The van der Waals surface area contributed by atoms with Gasteiger partial charge in [-0.2, -0.15) is 0 Å². The van der Waals surface area contributed by atoms with Gasteiger partial charge in [0.15, 0.2) is 0 Å². The third-order valence-corrected chi connectivity index (χ3v) is 2.69. The summed E-state index contributed by atoms with van der Waals surface area (Å²) in [7, 11) is 0. The number of primary amides is 1. The number of carbonyl (C=O) groups excluding carboxylic acids is 1. The Morgan fingerprint density at radius 3 is 2.69 bits per heavy atom. The molecule has 0 spiro atoms. The summed E-state index contributed by atoms with van der Waals surface area (Å²) < 4.78 is 0. The Balaban J connectivity index is 2.58. The Kier molecular flexibility index (Phi) is 4.50. The first-order valence-corrected chi connectivity index (χ1v) is 5.54. The minimum Gasteiger partial charge on any atom is -0.388 e. The number of hydrogen-bond acceptors (Lipinski definition) is 2. The van der Waals surface area contributed by atoms with Crippen molar-refractivity contribution in [3.63, 3.8) is 0 Å². The first kappa shape index (κ1) is 12.7. The second-order valence-corrected chi connectivity index (χ2v) is 4.23. The normalized spacial score (nSPS) is 12.4. The first-order valence-electron chi connectivity index (χ1n) is 5.54. The fourth-order valence-corrected chi connectivity index (χ4v) is 1.82. The Labute approximate surface area is 96.3 Å². The van der Waals surface area contributed by atoms with Gasteiger partial charge in [-0.15, -0.1) is 0 Å². The third-order valence-electron chi connectivity index (χ3n) is 2.69. The van der Waals surface area contributed by atoms with Gasteiger partial charge in [0.1, 0.15) is 0 Å². The fourth-order valence-electron chi connectivity index (χ4n) is 1.82. The summed E-state index contributed by atoms with van der Waals surface area (Å²) >= 11 is 0. The van der Waals surface area contributed by atoms with Crippen molar-refractivity contribution in [3.05, 3.63) is 34.9 Å². The SMILES string of the molecule is Cc1ccc(C(O)CCCC(N)=O)c(C)c1. The molecule has 1 unspecified atom stereocenters. The van der Waals surface area contributed by atoms with Gasteiger partial charge in [0.05, 0.1) is 6.10 Å². The van der Waals surface area contributed by atoms with Crippen molar-refractivity contribution in [1.29, 1.82) is 0 Å². The molecule has 3 heteroatoms. The number of carbonyl (C=O) groups is 1. The molecular weight excluding hydrogens is 202 g/mol. The molecule has 1 rings (SSSR count). The van der Waals surface area contributed by atoms with Crippen molar-refractivity contribution in [1.82, 2.24) is 0 Å². The molecule has 0 heterocycles. The van der Waals surface area contributed by atoms with E-state index in [0.29, 0.717) is 19.3 Å². The third kappa shape index (κ3) is 3.66. The van der Waals surface area contributed by atoms with Crippen LogP contribution in [-0.4, -0.2) is 11.0 Å². The minimum absolute atomic E-state index is 0.312. The van der Waals surface area contributed by atoms with Crippen LogP contribution in [0.5, 0.6) is 0 Å². The molecule has 0 fully saturated rings. The zero-order valence-corrected chi connectivity index (χ0v) is 9.86. The van der Waals surface area contributed by atoms with E-state index in [1.165, 1.54) is 5.56 Å². The number of rotatable bonds is 5. The van der Waals surface area contributed by atoms with Gasteiger partial charge in [0.25, 0.3) is 0 Å². The van der Waals surface area contributed by atoms with Gasteiger partial charge < -0.3 is 10.8 Å². The number of benzene rings is 1. The molecule has 16 heavy (non-hydrogen) atoms. The lowest BCUT2D eigenvalue weighted by molar-refractivity contribution is -0.118. The number of nitrogens with two attached hydrogens (primary N) is 1. The standard InChI is InChI=1S/C13H19NO2/c1-9-6-7-11(10(2)8-9)12(15)4-3-5-13(14)16/h6-8,12,15H,3-5H2,1-2H3,(H2,14,16). The van der Waals surface area contributed by atoms with Gasteiger partial charge in [-0.3, -0.25) is 4.79 Å². The number of aliphatic hydroxyl groups excluding tert-OH is 1. The van der Waals surface area contributed by atoms with Gasteiger partial charge in [0, 0.05) is 6.42 Å². The summed E-state index contributed by atoms with van der Waals surface area (Å²) in [4.78, 5) is 10.6. The van der Waals surface area contributed by atoms with Gasteiger partial charge in [-0.25, -0.2) is 0 Å². The van der Waals surface area contributed by atoms with Crippen LogP contribution in [-0.2, 0) is 4.79 Å². The lowest BCUT2D eigenvalue weighted by atomic mass is 9.98. The Morgan fingerprint density at radius 1 is 1.44 bits per heavy atom. The summed E-state index contributed by atoms with van der Waals surface area (Å²) in [5, 5.41) is 9.95. The molecule has 88 valence electrons. The summed E-state index contributed by atoms with van der Waals surface area (Å²) in [5.74, 6) is -0.312. The largest absolute Gasteiger partial charge is 0.388 e. The summed E-state index contributed by atoms with van der Waals surface area (Å²) in [6, 6.07) is 5.98. The van der Waals surface area contributed by atoms with Crippen LogP contribution < -0.4 is 5.73 Å². The topological polar surface area (TPSA) is 63.3 Å². The van der Waals surface area contributed by atoms with E-state index in [0.717, 1.165) is 11.1 Å². The zero-order valence-electron chi connectivity index (χ0n) is 9.86. The van der Waals surface area contributed by atoms with E-state index in [-0.39, 0.29) is 5.91 Å². The van der Waals surface area contributed by atoms with E-state index in [1.807, 2.05) is 32.0 Å². The number of aliphatic hydroxyl groups is 1. The maximum Gasteiger partial charge on any atom is 0.217 e. The molecular formula is C13H19NO2. The van der Waals surface area contributed by atoms with Crippen LogP contribution in [0.4, 0.5) is 0 Å². The minimum atomic E-state index is -0.500. The first-order chi connectivity index (χ1) is 7.50. The van der Waals surface area contributed by atoms with Crippen LogP contribution in [0.15, 0.2) is 18.2 Å². The smallest absolute Gasteiger partial charge is 0.217 e. The van der Waals surface area contributed by atoms with E-state index in [2.05, 4.69) is 0 Å².